The van der Waals surface area contributed by atoms with Gasteiger partial charge in [0.05, 0.1) is 18.2 Å². The van der Waals surface area contributed by atoms with Gasteiger partial charge in [0.2, 0.25) is 0 Å². The molecule has 0 unspecified atom stereocenters. The molecule has 1 saturated heterocycles. The highest BCUT2D eigenvalue weighted by molar-refractivity contribution is 6.32. The smallest absolute Gasteiger partial charge is 0.159 e. The lowest BCUT2D eigenvalue weighted by Crippen LogP contribution is -2.40. The Morgan fingerprint density at radius 3 is 2.93 bits per heavy atom. The van der Waals surface area contributed by atoms with Gasteiger partial charge in [-0.05, 0) is 12.1 Å². The first-order valence-electron chi connectivity index (χ1n) is 4.56. The molecule has 0 spiro atoms. The average Bonchev–Trinajstić information content (AvgIpc) is 2.23. The summed E-state index contributed by atoms with van der Waals surface area (Å²) in [6, 6.07) is 3.63. The number of pyridine rings is 1. The van der Waals surface area contributed by atoms with Gasteiger partial charge in [0.1, 0.15) is 0 Å². The van der Waals surface area contributed by atoms with Crippen LogP contribution in [0.2, 0.25) is 5.02 Å². The second kappa shape index (κ2) is 4.59. The minimum Gasteiger partial charge on any atom is -0.379 e. The summed E-state index contributed by atoms with van der Waals surface area (Å²) in [6.45, 7) is 3.20. The van der Waals surface area contributed by atoms with Crippen LogP contribution in [0.1, 0.15) is 0 Å². The highest BCUT2D eigenvalue weighted by atomic mass is 35.5. The van der Waals surface area contributed by atoms with Crippen LogP contribution in [0.4, 0.5) is 5.82 Å². The molecule has 1 aliphatic heterocycles. The summed E-state index contributed by atoms with van der Waals surface area (Å²) in [5.74, 6) is 0.705. The molecular formula is C9H12ClN3O. The maximum atomic E-state index is 5.96. The number of anilines is 1. The van der Waals surface area contributed by atoms with Crippen molar-refractivity contribution in [1.29, 1.82) is 0 Å². The number of nitrogens with zero attached hydrogens (tertiary/aromatic N) is 2. The van der Waals surface area contributed by atoms with E-state index in [2.05, 4.69) is 15.4 Å². The third-order valence-corrected chi connectivity index (χ3v) is 2.34. The van der Waals surface area contributed by atoms with Crippen molar-refractivity contribution in [1.82, 2.24) is 9.99 Å². The zero-order chi connectivity index (χ0) is 9.80. The van der Waals surface area contributed by atoms with E-state index in [-0.39, 0.29) is 0 Å². The van der Waals surface area contributed by atoms with Gasteiger partial charge in [-0.1, -0.05) is 11.6 Å². The fraction of sp³-hybridized carbons (Fsp3) is 0.444. The van der Waals surface area contributed by atoms with Crippen LogP contribution in [-0.4, -0.2) is 36.3 Å². The summed E-state index contributed by atoms with van der Waals surface area (Å²) in [6.07, 6.45) is 1.72. The van der Waals surface area contributed by atoms with Gasteiger partial charge in [-0.25, -0.2) is 9.99 Å². The highest BCUT2D eigenvalue weighted by Gasteiger charge is 2.11. The molecule has 76 valence electrons. The summed E-state index contributed by atoms with van der Waals surface area (Å²) >= 11 is 5.96. The standard InChI is InChI=1S/C9H12ClN3O/c10-8-2-1-3-11-9(8)12-13-4-6-14-7-5-13/h1-3H,4-7H2,(H,11,12). The number of rotatable bonds is 2. The maximum Gasteiger partial charge on any atom is 0.159 e. The zero-order valence-electron chi connectivity index (χ0n) is 7.74. The van der Waals surface area contributed by atoms with E-state index in [1.54, 1.807) is 6.20 Å². The van der Waals surface area contributed by atoms with Crippen LogP contribution in [0.25, 0.3) is 0 Å². The number of nitrogens with one attached hydrogen (secondary N) is 1. The van der Waals surface area contributed by atoms with Crippen molar-refractivity contribution in [3.63, 3.8) is 0 Å². The maximum absolute atomic E-state index is 5.96. The molecule has 0 aliphatic carbocycles. The second-order valence-electron chi connectivity index (χ2n) is 3.05. The van der Waals surface area contributed by atoms with E-state index in [1.807, 2.05) is 12.1 Å². The van der Waals surface area contributed by atoms with Crippen LogP contribution >= 0.6 is 11.6 Å². The van der Waals surface area contributed by atoms with Crippen molar-refractivity contribution >= 4 is 17.4 Å². The van der Waals surface area contributed by atoms with Gasteiger partial charge in [-0.3, -0.25) is 0 Å². The van der Waals surface area contributed by atoms with Crippen molar-refractivity contribution in [2.24, 2.45) is 0 Å². The third-order valence-electron chi connectivity index (χ3n) is 2.03. The molecule has 1 aliphatic rings. The van der Waals surface area contributed by atoms with E-state index in [4.69, 9.17) is 16.3 Å². The molecular weight excluding hydrogens is 202 g/mol. The Balaban J connectivity index is 1.99. The molecule has 4 nitrogen and oxygen atoms in total. The SMILES string of the molecule is Clc1cccnc1NN1CCOCC1. The van der Waals surface area contributed by atoms with E-state index in [9.17, 15) is 0 Å². The molecule has 14 heavy (non-hydrogen) atoms. The van der Waals surface area contributed by atoms with Crippen molar-refractivity contribution in [3.8, 4) is 0 Å². The molecule has 1 fully saturated rings. The van der Waals surface area contributed by atoms with Gasteiger partial charge >= 0.3 is 0 Å². The molecule has 2 rings (SSSR count). The van der Waals surface area contributed by atoms with Gasteiger partial charge in [-0.2, -0.15) is 0 Å². The number of morpholine rings is 1. The lowest BCUT2D eigenvalue weighted by atomic mass is 10.4. The fourth-order valence-electron chi connectivity index (χ4n) is 1.29. The number of hydrogen-bond acceptors (Lipinski definition) is 4. The highest BCUT2D eigenvalue weighted by Crippen LogP contribution is 2.18. The van der Waals surface area contributed by atoms with Crippen molar-refractivity contribution in [2.45, 2.75) is 0 Å². The van der Waals surface area contributed by atoms with Crippen molar-refractivity contribution in [2.75, 3.05) is 31.7 Å². The molecule has 1 aromatic heterocycles. The van der Waals surface area contributed by atoms with Crippen LogP contribution in [0, 0.1) is 0 Å². The Bertz CT molecular complexity index is 302. The lowest BCUT2D eigenvalue weighted by Gasteiger charge is -2.27. The van der Waals surface area contributed by atoms with E-state index >= 15 is 0 Å². The minimum atomic E-state index is 0.638. The number of aromatic nitrogens is 1. The zero-order valence-corrected chi connectivity index (χ0v) is 8.50. The lowest BCUT2D eigenvalue weighted by molar-refractivity contribution is 0.0495. The van der Waals surface area contributed by atoms with Crippen molar-refractivity contribution in [3.05, 3.63) is 23.4 Å². The van der Waals surface area contributed by atoms with Gasteiger partial charge in [-0.15, -0.1) is 0 Å². The Kier molecular flexibility index (Phi) is 3.18. The molecule has 0 radical (unpaired) electrons. The van der Waals surface area contributed by atoms with Crippen molar-refractivity contribution < 1.29 is 4.74 Å². The van der Waals surface area contributed by atoms with Gasteiger partial charge in [0.25, 0.3) is 0 Å². The molecule has 0 saturated carbocycles. The molecule has 0 aromatic carbocycles. The second-order valence-corrected chi connectivity index (χ2v) is 3.45. The van der Waals surface area contributed by atoms with Crippen LogP contribution in [0.3, 0.4) is 0 Å². The Morgan fingerprint density at radius 2 is 2.21 bits per heavy atom. The molecule has 1 N–H and O–H groups in total. The predicted molar refractivity (Wildman–Crippen MR) is 55.3 cm³/mol. The van der Waals surface area contributed by atoms with Crippen LogP contribution in [0.15, 0.2) is 18.3 Å². The first kappa shape index (κ1) is 9.71. The first-order valence-corrected chi connectivity index (χ1v) is 4.94. The van der Waals surface area contributed by atoms with Gasteiger partial charge < -0.3 is 10.2 Å². The van der Waals surface area contributed by atoms with Gasteiger partial charge in [0, 0.05) is 19.3 Å². The first-order chi connectivity index (χ1) is 6.86. The van der Waals surface area contributed by atoms with Gasteiger partial charge in [0.15, 0.2) is 5.82 Å². The summed E-state index contributed by atoms with van der Waals surface area (Å²) in [5, 5.41) is 2.69. The normalized spacial score (nSPS) is 18.1. The van der Waals surface area contributed by atoms with Crippen LogP contribution in [0.5, 0.6) is 0 Å². The van der Waals surface area contributed by atoms with E-state index < -0.39 is 0 Å². The average molecular weight is 214 g/mol. The van der Waals surface area contributed by atoms with E-state index in [1.165, 1.54) is 0 Å². The molecule has 1 aromatic rings. The summed E-state index contributed by atoms with van der Waals surface area (Å²) in [7, 11) is 0. The molecule has 5 heteroatoms. The Hall–Kier alpha value is -0.840. The van der Waals surface area contributed by atoms with E-state index in [0.29, 0.717) is 10.8 Å². The van der Waals surface area contributed by atoms with Crippen LogP contribution in [-0.2, 0) is 4.74 Å². The number of ether oxygens (including phenoxy) is 1. The van der Waals surface area contributed by atoms with Crippen LogP contribution < -0.4 is 5.43 Å². The number of hydrazine groups is 1. The molecule has 0 bridgehead atoms. The largest absolute Gasteiger partial charge is 0.379 e. The molecule has 0 amide bonds. The monoisotopic (exact) mass is 213 g/mol. The molecule has 2 heterocycles. The summed E-state index contributed by atoms with van der Waals surface area (Å²) < 4.78 is 5.23. The predicted octanol–water partition coefficient (Wildman–Crippen LogP) is 1.39. The quantitative estimate of drug-likeness (QED) is 0.806. The Labute approximate surface area is 87.8 Å². The minimum absolute atomic E-state index is 0.638. The summed E-state index contributed by atoms with van der Waals surface area (Å²) in [4.78, 5) is 4.15. The van der Waals surface area contributed by atoms with E-state index in [0.717, 1.165) is 26.3 Å². The molecule has 0 atom stereocenters. The number of halogens is 1. The summed E-state index contributed by atoms with van der Waals surface area (Å²) in [5.41, 5.74) is 3.16. The fourth-order valence-corrected chi connectivity index (χ4v) is 1.46. The Morgan fingerprint density at radius 1 is 1.43 bits per heavy atom. The topological polar surface area (TPSA) is 37.4 Å². The third kappa shape index (κ3) is 2.35. The number of hydrogen-bond donors (Lipinski definition) is 1.